The van der Waals surface area contributed by atoms with Crippen LogP contribution < -0.4 is 10.1 Å². The second-order valence-electron chi connectivity index (χ2n) is 4.74. The Hall–Kier alpha value is -1.58. The summed E-state index contributed by atoms with van der Waals surface area (Å²) in [4.78, 5) is 13.8. The Kier molecular flexibility index (Phi) is 7.36. The summed E-state index contributed by atoms with van der Waals surface area (Å²) in [6.45, 7) is 5.14. The second kappa shape index (κ2) is 8.76. The molecule has 1 aromatic heterocycles. The highest BCUT2D eigenvalue weighted by molar-refractivity contribution is 7.80. The molecule has 0 aliphatic carbocycles. The van der Waals surface area contributed by atoms with Crippen molar-refractivity contribution in [1.29, 1.82) is 0 Å². The maximum absolute atomic E-state index is 12.2. The van der Waals surface area contributed by atoms with Crippen molar-refractivity contribution in [1.82, 2.24) is 30.4 Å². The molecule has 1 aliphatic heterocycles. The number of hydrogen-bond donors (Lipinski definition) is 1. The molecule has 0 spiro atoms. The molecule has 0 bridgehead atoms. The third-order valence-electron chi connectivity index (χ3n) is 3.16. The molecule has 22 heavy (non-hydrogen) atoms. The van der Waals surface area contributed by atoms with Crippen LogP contribution in [0.5, 0.6) is 6.01 Å². The van der Waals surface area contributed by atoms with Crippen molar-refractivity contribution in [2.45, 2.75) is 18.9 Å². The number of hydrogen-bond acceptors (Lipinski definition) is 7. The van der Waals surface area contributed by atoms with Crippen molar-refractivity contribution in [3.63, 3.8) is 0 Å². The van der Waals surface area contributed by atoms with Crippen LogP contribution in [-0.2, 0) is 11.8 Å². The number of thiocarbonyl (C=S) groups is 1. The third-order valence-corrected chi connectivity index (χ3v) is 3.50. The Morgan fingerprint density at radius 3 is 3.00 bits per heavy atom. The average molecular weight is 347 g/mol. The smallest absolute Gasteiger partial charge is 0.342 e. The average Bonchev–Trinajstić information content (AvgIpc) is 3.11. The number of Topliss-reactive ketones (excluding diaryl/α,β-unsaturated/α-hetero) is 1. The van der Waals surface area contributed by atoms with Gasteiger partial charge in [0.25, 0.3) is 5.17 Å². The zero-order valence-electron chi connectivity index (χ0n) is 12.3. The van der Waals surface area contributed by atoms with Crippen molar-refractivity contribution in [2.24, 2.45) is 7.05 Å². The minimum absolute atomic E-state index is 0. The van der Waals surface area contributed by atoms with Gasteiger partial charge in [0, 0.05) is 13.6 Å². The van der Waals surface area contributed by atoms with E-state index in [1.54, 1.807) is 18.0 Å². The lowest BCUT2D eigenvalue weighted by atomic mass is 10.1. The molecular weight excluding hydrogens is 328 g/mol. The molecule has 122 valence electrons. The summed E-state index contributed by atoms with van der Waals surface area (Å²) in [6.07, 6.45) is 3.55. The number of rotatable bonds is 6. The summed E-state index contributed by atoms with van der Waals surface area (Å²) in [7, 11) is 1.64. The first-order chi connectivity index (χ1) is 10.1. The highest BCUT2D eigenvalue weighted by Crippen LogP contribution is 2.09. The number of carbonyl (C=O) groups excluding carboxylic acids is 1. The van der Waals surface area contributed by atoms with Crippen molar-refractivity contribution in [3.05, 3.63) is 12.7 Å². The number of nitrogens with zero attached hydrogens (tertiary/aromatic N) is 5. The first-order valence-corrected chi connectivity index (χ1v) is 7.08. The minimum Gasteiger partial charge on any atom is -0.396 e. The number of carbonyl (C=O) groups is 1. The van der Waals surface area contributed by atoms with Crippen LogP contribution in [0.4, 0.5) is 0 Å². The van der Waals surface area contributed by atoms with E-state index in [9.17, 15) is 4.79 Å². The lowest BCUT2D eigenvalue weighted by Crippen LogP contribution is -2.43. The van der Waals surface area contributed by atoms with E-state index in [0.717, 1.165) is 19.4 Å². The Morgan fingerprint density at radius 2 is 2.45 bits per heavy atom. The number of aromatic nitrogens is 4. The van der Waals surface area contributed by atoms with Crippen LogP contribution in [0, 0.1) is 0 Å². The standard InChI is InChI=1S/C12H18N6O2S.ClH/c1-3-7-18(8-10(19)9-5-4-6-13-9)12(21)20-11-14-15-16-17(11)2;/h3,9,13H,1,4-8H2,2H3;1H/t9-;/m1./s1. The molecule has 2 heterocycles. The van der Waals surface area contributed by atoms with Crippen LogP contribution in [-0.4, -0.2) is 61.7 Å². The van der Waals surface area contributed by atoms with E-state index in [1.165, 1.54) is 4.68 Å². The monoisotopic (exact) mass is 346 g/mol. The first-order valence-electron chi connectivity index (χ1n) is 6.68. The van der Waals surface area contributed by atoms with Crippen LogP contribution in [0.25, 0.3) is 0 Å². The van der Waals surface area contributed by atoms with Crippen LogP contribution in [0.1, 0.15) is 12.8 Å². The number of halogens is 1. The van der Waals surface area contributed by atoms with Crippen molar-refractivity contribution in [3.8, 4) is 6.01 Å². The van der Waals surface area contributed by atoms with Gasteiger partial charge in [0.1, 0.15) is 0 Å². The van der Waals surface area contributed by atoms with Gasteiger partial charge in [0.15, 0.2) is 5.78 Å². The Morgan fingerprint density at radius 1 is 1.68 bits per heavy atom. The molecule has 1 saturated heterocycles. The van der Waals surface area contributed by atoms with E-state index in [1.807, 2.05) is 0 Å². The molecule has 8 nitrogen and oxygen atoms in total. The molecule has 1 N–H and O–H groups in total. The molecule has 10 heteroatoms. The van der Waals surface area contributed by atoms with Gasteiger partial charge in [-0.3, -0.25) is 4.79 Å². The van der Waals surface area contributed by atoms with E-state index in [4.69, 9.17) is 17.0 Å². The predicted octanol–water partition coefficient (Wildman–Crippen LogP) is 0.105. The fraction of sp³-hybridized carbons (Fsp3) is 0.583. The van der Waals surface area contributed by atoms with E-state index in [0.29, 0.717) is 6.54 Å². The van der Waals surface area contributed by atoms with Gasteiger partial charge in [-0.15, -0.1) is 19.0 Å². The maximum atomic E-state index is 12.2. The van der Waals surface area contributed by atoms with Gasteiger partial charge in [0.05, 0.1) is 12.6 Å². The van der Waals surface area contributed by atoms with Crippen molar-refractivity contribution in [2.75, 3.05) is 19.6 Å². The first kappa shape index (κ1) is 18.5. The summed E-state index contributed by atoms with van der Waals surface area (Å²) >= 11 is 5.22. The van der Waals surface area contributed by atoms with Crippen molar-refractivity contribution >= 4 is 35.6 Å². The van der Waals surface area contributed by atoms with E-state index in [-0.39, 0.29) is 42.0 Å². The van der Waals surface area contributed by atoms with Crippen LogP contribution in [0.15, 0.2) is 12.7 Å². The molecular formula is C12H19ClN6O2S. The highest BCUT2D eigenvalue weighted by Gasteiger charge is 2.25. The maximum Gasteiger partial charge on any atom is 0.342 e. The SMILES string of the molecule is C=CCN(CC(=O)[C@H]1CCCN1)C(=S)Oc1nnnn1C.Cl. The molecule has 0 radical (unpaired) electrons. The van der Waals surface area contributed by atoms with Gasteiger partial charge in [-0.1, -0.05) is 11.2 Å². The van der Waals surface area contributed by atoms with Gasteiger partial charge in [-0.2, -0.15) is 4.68 Å². The molecule has 0 amide bonds. The molecule has 1 aliphatic rings. The Bertz CT molecular complexity index is 531. The third kappa shape index (κ3) is 4.72. The van der Waals surface area contributed by atoms with Crippen LogP contribution >= 0.6 is 24.6 Å². The number of ether oxygens (including phenoxy) is 1. The fourth-order valence-electron chi connectivity index (χ4n) is 2.07. The molecule has 2 rings (SSSR count). The van der Waals surface area contributed by atoms with E-state index >= 15 is 0 Å². The number of ketones is 1. The van der Waals surface area contributed by atoms with Gasteiger partial charge in [0.2, 0.25) is 0 Å². The Labute approximate surface area is 140 Å². The fourth-order valence-corrected chi connectivity index (χ4v) is 2.28. The molecule has 1 fully saturated rings. The van der Waals surface area contributed by atoms with Gasteiger partial charge >= 0.3 is 6.01 Å². The normalized spacial score (nSPS) is 16.7. The number of nitrogens with one attached hydrogen (secondary N) is 1. The summed E-state index contributed by atoms with van der Waals surface area (Å²) in [6, 6.07) is 0.0807. The molecule has 0 saturated carbocycles. The van der Waals surface area contributed by atoms with Gasteiger partial charge < -0.3 is 15.0 Å². The lowest BCUT2D eigenvalue weighted by molar-refractivity contribution is -0.121. The van der Waals surface area contributed by atoms with Gasteiger partial charge in [-0.25, -0.2) is 0 Å². The quantitative estimate of drug-likeness (QED) is 0.573. The molecule has 1 aromatic rings. The predicted molar refractivity (Wildman–Crippen MR) is 87.1 cm³/mol. The zero-order chi connectivity index (χ0) is 15.2. The zero-order valence-corrected chi connectivity index (χ0v) is 13.9. The highest BCUT2D eigenvalue weighted by atomic mass is 35.5. The van der Waals surface area contributed by atoms with Crippen LogP contribution in [0.3, 0.4) is 0 Å². The van der Waals surface area contributed by atoms with Crippen LogP contribution in [0.2, 0.25) is 0 Å². The molecule has 0 aromatic carbocycles. The second-order valence-corrected chi connectivity index (χ2v) is 5.09. The lowest BCUT2D eigenvalue weighted by Gasteiger charge is -2.23. The van der Waals surface area contributed by atoms with Gasteiger partial charge in [-0.05, 0) is 42.0 Å². The minimum atomic E-state index is -0.100. The summed E-state index contributed by atoms with van der Waals surface area (Å²) < 4.78 is 6.79. The molecule has 0 unspecified atom stereocenters. The number of aryl methyl sites for hydroxylation is 1. The van der Waals surface area contributed by atoms with E-state index in [2.05, 4.69) is 27.4 Å². The molecule has 1 atom stereocenters. The number of tetrazole rings is 1. The summed E-state index contributed by atoms with van der Waals surface area (Å²) in [5.41, 5.74) is 0. The largest absolute Gasteiger partial charge is 0.396 e. The summed E-state index contributed by atoms with van der Waals surface area (Å²) in [5.74, 6) is 0.0939. The summed E-state index contributed by atoms with van der Waals surface area (Å²) in [5, 5.41) is 14.1. The van der Waals surface area contributed by atoms with E-state index < -0.39 is 0 Å². The Balaban J connectivity index is 0.00000242. The topological polar surface area (TPSA) is 85.2 Å². The van der Waals surface area contributed by atoms with Crippen molar-refractivity contribution < 1.29 is 9.53 Å².